The zero-order chi connectivity index (χ0) is 24.9. The predicted molar refractivity (Wildman–Crippen MR) is 126 cm³/mol. The highest BCUT2D eigenvalue weighted by atomic mass is 19.1. The first-order chi connectivity index (χ1) is 16.9. The highest BCUT2D eigenvalue weighted by molar-refractivity contribution is 6.07. The summed E-state index contributed by atoms with van der Waals surface area (Å²) in [5.74, 6) is -2.60. The molecule has 2 N–H and O–H groups in total. The lowest BCUT2D eigenvalue weighted by atomic mass is 10.1. The first kappa shape index (κ1) is 24.4. The summed E-state index contributed by atoms with van der Waals surface area (Å²) < 4.78 is 32.1. The number of nitrogens with one attached hydrogen (secondary N) is 2. The molecule has 2 heterocycles. The Morgan fingerprint density at radius 2 is 1.51 bits per heavy atom. The number of carbonyl (C=O) groups excluding carboxylic acids is 3. The average molecular weight is 488 g/mol. The second-order valence-electron chi connectivity index (χ2n) is 8.33. The van der Waals surface area contributed by atoms with Crippen LogP contribution < -0.4 is 15.5 Å². The van der Waals surface area contributed by atoms with E-state index in [-0.39, 0.29) is 11.5 Å². The molecule has 2 fully saturated rings. The Kier molecular flexibility index (Phi) is 7.45. The summed E-state index contributed by atoms with van der Waals surface area (Å²) >= 11 is 0. The van der Waals surface area contributed by atoms with Gasteiger partial charge in [-0.1, -0.05) is 0 Å². The van der Waals surface area contributed by atoms with Crippen LogP contribution in [0.3, 0.4) is 0 Å². The van der Waals surface area contributed by atoms with Crippen molar-refractivity contribution in [3.05, 3.63) is 59.2 Å². The summed E-state index contributed by atoms with van der Waals surface area (Å²) in [5, 5.41) is 5.92. The maximum atomic E-state index is 13.7. The molecule has 35 heavy (non-hydrogen) atoms. The molecule has 0 bridgehead atoms. The van der Waals surface area contributed by atoms with Crippen molar-refractivity contribution in [2.45, 2.75) is 0 Å². The molecule has 2 aromatic carbocycles. The van der Waals surface area contributed by atoms with E-state index >= 15 is 0 Å². The van der Waals surface area contributed by atoms with E-state index in [2.05, 4.69) is 10.6 Å². The molecule has 0 radical (unpaired) electrons. The fraction of sp³-hybridized carbons (Fsp3) is 0.375. The molecule has 0 aromatic heterocycles. The fourth-order valence-corrected chi connectivity index (χ4v) is 4.23. The van der Waals surface area contributed by atoms with E-state index in [1.54, 1.807) is 28.0 Å². The highest BCUT2D eigenvalue weighted by Gasteiger charge is 2.25. The largest absolute Gasteiger partial charge is 0.453 e. The maximum absolute atomic E-state index is 13.7. The molecule has 0 unspecified atom stereocenters. The molecule has 0 atom stereocenters. The lowest BCUT2D eigenvalue weighted by molar-refractivity contribution is 0.0735. The van der Waals surface area contributed by atoms with E-state index in [1.165, 1.54) is 7.11 Å². The Bertz CT molecular complexity index is 1090. The molecular formula is C24H27F2N5O4. The van der Waals surface area contributed by atoms with Crippen LogP contribution in [0.5, 0.6) is 0 Å². The number of amides is 3. The molecule has 0 saturated carbocycles. The summed E-state index contributed by atoms with van der Waals surface area (Å²) in [6, 6.07) is 7.61. The molecule has 9 nitrogen and oxygen atoms in total. The van der Waals surface area contributed by atoms with E-state index in [0.717, 1.165) is 12.1 Å². The normalized spacial score (nSPS) is 16.1. The fourth-order valence-electron chi connectivity index (χ4n) is 4.23. The Hall–Kier alpha value is -3.73. The van der Waals surface area contributed by atoms with E-state index in [4.69, 9.17) is 4.74 Å². The van der Waals surface area contributed by atoms with Gasteiger partial charge in [0, 0.05) is 69.6 Å². The number of ether oxygens (including phenoxy) is 1. The zero-order valence-electron chi connectivity index (χ0n) is 19.4. The van der Waals surface area contributed by atoms with E-state index in [9.17, 15) is 23.2 Å². The van der Waals surface area contributed by atoms with Crippen molar-refractivity contribution >= 4 is 29.3 Å². The molecule has 2 saturated heterocycles. The number of piperazine rings is 2. The lowest BCUT2D eigenvalue weighted by Gasteiger charge is -2.36. The number of halogens is 2. The Morgan fingerprint density at radius 1 is 0.857 bits per heavy atom. The number of anilines is 2. The zero-order valence-corrected chi connectivity index (χ0v) is 19.4. The number of nitrogens with zero attached hydrogens (tertiary/aromatic N) is 3. The van der Waals surface area contributed by atoms with Gasteiger partial charge in [0.2, 0.25) is 0 Å². The summed E-state index contributed by atoms with van der Waals surface area (Å²) in [4.78, 5) is 43.0. The Balaban J connectivity index is 1.61. The number of benzene rings is 2. The summed E-state index contributed by atoms with van der Waals surface area (Å²) in [6.45, 7) is 4.30. The van der Waals surface area contributed by atoms with Gasteiger partial charge in [0.15, 0.2) is 0 Å². The molecule has 4 rings (SSSR count). The van der Waals surface area contributed by atoms with Crippen LogP contribution in [0.2, 0.25) is 0 Å². The molecule has 3 amide bonds. The van der Waals surface area contributed by atoms with Gasteiger partial charge in [-0.3, -0.25) is 9.59 Å². The van der Waals surface area contributed by atoms with Crippen molar-refractivity contribution in [2.24, 2.45) is 0 Å². The molecule has 2 aliphatic rings. The van der Waals surface area contributed by atoms with Crippen LogP contribution in [-0.2, 0) is 4.74 Å². The van der Waals surface area contributed by atoms with Gasteiger partial charge in [0.25, 0.3) is 11.8 Å². The summed E-state index contributed by atoms with van der Waals surface area (Å²) in [5.41, 5.74) is 1.19. The van der Waals surface area contributed by atoms with E-state index < -0.39 is 23.6 Å². The van der Waals surface area contributed by atoms with Crippen molar-refractivity contribution in [3.8, 4) is 0 Å². The monoisotopic (exact) mass is 487 g/mol. The van der Waals surface area contributed by atoms with Gasteiger partial charge < -0.3 is 30.1 Å². The van der Waals surface area contributed by atoms with Crippen molar-refractivity contribution in [1.29, 1.82) is 0 Å². The topological polar surface area (TPSA) is 94.2 Å². The van der Waals surface area contributed by atoms with Crippen LogP contribution in [0, 0.1) is 11.6 Å². The van der Waals surface area contributed by atoms with Gasteiger partial charge in [0.05, 0.1) is 18.5 Å². The van der Waals surface area contributed by atoms with Crippen molar-refractivity contribution in [1.82, 2.24) is 15.1 Å². The van der Waals surface area contributed by atoms with Crippen molar-refractivity contribution in [3.63, 3.8) is 0 Å². The third-order valence-corrected chi connectivity index (χ3v) is 6.07. The van der Waals surface area contributed by atoms with E-state index in [1.807, 2.05) is 4.90 Å². The minimum atomic E-state index is -0.864. The number of methoxy groups -OCH3 is 1. The van der Waals surface area contributed by atoms with Gasteiger partial charge in [-0.05, 0) is 30.3 Å². The number of hydrogen-bond acceptors (Lipinski definition) is 6. The van der Waals surface area contributed by atoms with Crippen LogP contribution >= 0.6 is 0 Å². The van der Waals surface area contributed by atoms with Crippen molar-refractivity contribution in [2.75, 3.05) is 69.7 Å². The van der Waals surface area contributed by atoms with E-state index in [0.29, 0.717) is 75.4 Å². The number of rotatable bonds is 4. The first-order valence-corrected chi connectivity index (χ1v) is 11.3. The van der Waals surface area contributed by atoms with Crippen LogP contribution in [0.4, 0.5) is 25.0 Å². The van der Waals surface area contributed by atoms with Crippen molar-refractivity contribution < 1.29 is 27.9 Å². The molecular weight excluding hydrogens is 460 g/mol. The van der Waals surface area contributed by atoms with Gasteiger partial charge in [0.1, 0.15) is 11.6 Å². The lowest BCUT2D eigenvalue weighted by Crippen LogP contribution is -2.49. The Morgan fingerprint density at radius 3 is 2.14 bits per heavy atom. The van der Waals surface area contributed by atoms with Crippen LogP contribution in [0.1, 0.15) is 20.7 Å². The number of carbonyl (C=O) groups is 3. The molecule has 0 spiro atoms. The SMILES string of the molecule is COC(=O)N1CCN(c2ccc(C(=O)N3CCNCC3)cc2NC(=O)c2cc(F)cc(F)c2)CC1. The second-order valence-corrected chi connectivity index (χ2v) is 8.33. The molecule has 186 valence electrons. The maximum Gasteiger partial charge on any atom is 0.409 e. The molecule has 2 aromatic rings. The van der Waals surface area contributed by atoms with Gasteiger partial charge in [-0.15, -0.1) is 0 Å². The van der Waals surface area contributed by atoms with Crippen LogP contribution in [0.25, 0.3) is 0 Å². The van der Waals surface area contributed by atoms with Gasteiger partial charge >= 0.3 is 6.09 Å². The second kappa shape index (κ2) is 10.7. The van der Waals surface area contributed by atoms with Gasteiger partial charge in [-0.25, -0.2) is 13.6 Å². The third kappa shape index (κ3) is 5.68. The minimum absolute atomic E-state index is 0.166. The van der Waals surface area contributed by atoms with Crippen LogP contribution in [-0.4, -0.2) is 87.2 Å². The molecule has 2 aliphatic heterocycles. The molecule has 11 heteroatoms. The number of hydrogen-bond donors (Lipinski definition) is 2. The Labute approximate surface area is 201 Å². The molecule has 0 aliphatic carbocycles. The predicted octanol–water partition coefficient (Wildman–Crippen LogP) is 2.15. The smallest absolute Gasteiger partial charge is 0.409 e. The highest BCUT2D eigenvalue weighted by Crippen LogP contribution is 2.30. The first-order valence-electron chi connectivity index (χ1n) is 11.3. The van der Waals surface area contributed by atoms with Gasteiger partial charge in [-0.2, -0.15) is 0 Å². The quantitative estimate of drug-likeness (QED) is 0.687. The third-order valence-electron chi connectivity index (χ3n) is 6.07. The standard InChI is InChI=1S/C24H27F2N5O4/c1-35-24(34)31-10-8-29(9-11-31)21-3-2-16(23(33)30-6-4-27-5-7-30)14-20(21)28-22(32)17-12-18(25)15-19(26)13-17/h2-3,12-15,27H,4-11H2,1H3,(H,28,32). The average Bonchev–Trinajstić information content (AvgIpc) is 2.88. The summed E-state index contributed by atoms with van der Waals surface area (Å²) in [7, 11) is 1.33. The van der Waals surface area contributed by atoms with Crippen LogP contribution in [0.15, 0.2) is 36.4 Å². The summed E-state index contributed by atoms with van der Waals surface area (Å²) in [6.07, 6.45) is -0.414. The minimum Gasteiger partial charge on any atom is -0.453 e.